The van der Waals surface area contributed by atoms with Gasteiger partial charge in [0.15, 0.2) is 0 Å². The number of fused-ring (bicyclic) bond motifs is 3. The molecule has 0 unspecified atom stereocenters. The second kappa shape index (κ2) is 11.8. The molecule has 0 saturated carbocycles. The van der Waals surface area contributed by atoms with E-state index < -0.39 is 23.9 Å². The number of nitrogens with zero attached hydrogens (tertiary/aromatic N) is 2. The van der Waals surface area contributed by atoms with Crippen LogP contribution in [-0.4, -0.2) is 73.7 Å². The van der Waals surface area contributed by atoms with Gasteiger partial charge in [-0.05, 0) is 101 Å². The number of esters is 1. The van der Waals surface area contributed by atoms with Crippen molar-refractivity contribution in [3.05, 3.63) is 82.9 Å². The van der Waals surface area contributed by atoms with Gasteiger partial charge in [-0.3, -0.25) is 0 Å². The molecule has 46 heavy (non-hydrogen) atoms. The Hall–Kier alpha value is -3.82. The van der Waals surface area contributed by atoms with Gasteiger partial charge in [0.25, 0.3) is 0 Å². The van der Waals surface area contributed by atoms with E-state index in [0.717, 1.165) is 16.7 Å². The number of hydrogen-bond acceptors (Lipinski definition) is 7. The van der Waals surface area contributed by atoms with Gasteiger partial charge in [-0.1, -0.05) is 48.5 Å². The summed E-state index contributed by atoms with van der Waals surface area (Å²) in [6, 6.07) is 20.6. The van der Waals surface area contributed by atoms with Crippen LogP contribution in [0.25, 0.3) is 11.1 Å². The molecule has 0 N–H and O–H groups in total. The van der Waals surface area contributed by atoms with Crippen molar-refractivity contribution in [1.82, 2.24) is 4.90 Å². The predicted octanol–water partition coefficient (Wildman–Crippen LogP) is 6.32. The van der Waals surface area contributed by atoms with Crippen LogP contribution in [0.1, 0.15) is 81.4 Å². The van der Waals surface area contributed by atoms with Gasteiger partial charge in [0.05, 0.1) is 16.8 Å². The van der Waals surface area contributed by atoms with E-state index in [4.69, 9.17) is 18.8 Å². The Bertz CT molecular complexity index is 1590. The van der Waals surface area contributed by atoms with E-state index >= 15 is 0 Å². The Kier molecular flexibility index (Phi) is 8.22. The first-order valence-corrected chi connectivity index (χ1v) is 16.2. The van der Waals surface area contributed by atoms with Crippen molar-refractivity contribution in [2.45, 2.75) is 78.1 Å². The molecule has 0 spiro atoms. The first-order chi connectivity index (χ1) is 21.6. The molecule has 6 rings (SSSR count). The average molecular weight is 625 g/mol. The molecule has 242 valence electrons. The molecule has 3 aliphatic rings. The summed E-state index contributed by atoms with van der Waals surface area (Å²) in [7, 11) is -0.632. The minimum Gasteiger partial charge on any atom is -0.456 e. The maximum Gasteiger partial charge on any atom is 0.494 e. The normalized spacial score (nSPS) is 18.7. The highest BCUT2D eigenvalue weighted by molar-refractivity contribution is 6.62. The Morgan fingerprint density at radius 3 is 1.96 bits per heavy atom. The van der Waals surface area contributed by atoms with Gasteiger partial charge in [0.1, 0.15) is 12.2 Å². The largest absolute Gasteiger partial charge is 0.494 e. The van der Waals surface area contributed by atoms with Gasteiger partial charge >= 0.3 is 19.2 Å². The lowest BCUT2D eigenvalue weighted by Gasteiger charge is -2.37. The van der Waals surface area contributed by atoms with Crippen LogP contribution in [0.4, 0.5) is 10.5 Å². The second-order valence-electron chi connectivity index (χ2n) is 14.6. The summed E-state index contributed by atoms with van der Waals surface area (Å²) in [5, 5.41) is 0. The van der Waals surface area contributed by atoms with Crippen molar-refractivity contribution in [3.8, 4) is 11.1 Å². The summed E-state index contributed by atoms with van der Waals surface area (Å²) in [5.41, 5.74) is 6.08. The number of carbonyl (C=O) groups excluding carboxylic acids is 2. The van der Waals surface area contributed by atoms with Crippen LogP contribution in [0, 0.1) is 6.92 Å². The summed E-state index contributed by atoms with van der Waals surface area (Å²) >= 11 is 0. The van der Waals surface area contributed by atoms with E-state index in [9.17, 15) is 9.59 Å². The molecule has 0 atom stereocenters. The van der Waals surface area contributed by atoms with E-state index in [2.05, 4.69) is 29.2 Å². The summed E-state index contributed by atoms with van der Waals surface area (Å²) in [4.78, 5) is 30.7. The Morgan fingerprint density at radius 1 is 0.870 bits per heavy atom. The first kappa shape index (κ1) is 32.1. The minimum absolute atomic E-state index is 0.0179. The lowest BCUT2D eigenvalue weighted by atomic mass is 9.77. The molecule has 3 aromatic carbocycles. The van der Waals surface area contributed by atoms with E-state index in [1.807, 2.05) is 91.8 Å². The fourth-order valence-electron chi connectivity index (χ4n) is 6.52. The SMILES string of the molecule is Cc1c(C(=O)OC(C)(C)C)cc(B2OC(C)(C)C(C)(C)O2)cc1N1CCN(C(=O)OCC2c3ccccc3-c3ccccc32)CC1. The lowest BCUT2D eigenvalue weighted by Crippen LogP contribution is -2.49. The zero-order chi connectivity index (χ0) is 33.0. The number of amides is 1. The summed E-state index contributed by atoms with van der Waals surface area (Å²) in [5.74, 6) is -0.369. The van der Waals surface area contributed by atoms with Crippen molar-refractivity contribution in [1.29, 1.82) is 0 Å². The molecule has 1 aliphatic carbocycles. The van der Waals surface area contributed by atoms with Crippen LogP contribution in [0.5, 0.6) is 0 Å². The third kappa shape index (κ3) is 6.03. The highest BCUT2D eigenvalue weighted by Gasteiger charge is 2.52. The van der Waals surface area contributed by atoms with Gasteiger partial charge in [0.2, 0.25) is 0 Å². The van der Waals surface area contributed by atoms with Gasteiger partial charge in [-0.2, -0.15) is 0 Å². The van der Waals surface area contributed by atoms with Crippen molar-refractivity contribution >= 4 is 30.3 Å². The average Bonchev–Trinajstić information content (AvgIpc) is 3.43. The van der Waals surface area contributed by atoms with Crippen LogP contribution in [0.15, 0.2) is 60.7 Å². The summed E-state index contributed by atoms with van der Waals surface area (Å²) < 4.78 is 24.5. The topological polar surface area (TPSA) is 77.5 Å². The molecule has 2 saturated heterocycles. The minimum atomic E-state index is -0.640. The highest BCUT2D eigenvalue weighted by atomic mass is 16.7. The Balaban J connectivity index is 1.17. The Morgan fingerprint density at radius 2 is 1.41 bits per heavy atom. The zero-order valence-corrected chi connectivity index (χ0v) is 28.3. The molecule has 8 nitrogen and oxygen atoms in total. The molecule has 0 radical (unpaired) electrons. The van der Waals surface area contributed by atoms with Gasteiger partial charge in [0, 0.05) is 37.8 Å². The number of ether oxygens (including phenoxy) is 2. The number of piperazine rings is 1. The molecule has 2 fully saturated rings. The van der Waals surface area contributed by atoms with Crippen molar-refractivity contribution < 1.29 is 28.4 Å². The molecule has 0 bridgehead atoms. The van der Waals surface area contributed by atoms with Gasteiger partial charge in [-0.15, -0.1) is 0 Å². The number of benzene rings is 3. The maximum atomic E-state index is 13.4. The van der Waals surface area contributed by atoms with Crippen molar-refractivity contribution in [2.24, 2.45) is 0 Å². The summed E-state index contributed by atoms with van der Waals surface area (Å²) in [6.07, 6.45) is -0.307. The van der Waals surface area contributed by atoms with Crippen LogP contribution < -0.4 is 10.4 Å². The fourth-order valence-corrected chi connectivity index (χ4v) is 6.52. The standard InChI is InChI=1S/C37H45BN2O6/c1-24-30(33(41)44-35(2,3)4)21-25(38-45-36(5,6)37(7,8)46-38)22-32(24)39-17-19-40(20-18-39)34(42)43-23-31-28-15-11-9-13-26(28)27-14-10-12-16-29(27)31/h9-16,21-22,31H,17-20,23H2,1-8H3. The monoisotopic (exact) mass is 624 g/mol. The second-order valence-corrected chi connectivity index (χ2v) is 14.6. The van der Waals surface area contributed by atoms with E-state index in [-0.39, 0.29) is 18.0 Å². The quantitative estimate of drug-likeness (QED) is 0.243. The van der Waals surface area contributed by atoms with Gasteiger partial charge in [-0.25, -0.2) is 9.59 Å². The van der Waals surface area contributed by atoms with Gasteiger partial charge < -0.3 is 28.6 Å². The van der Waals surface area contributed by atoms with Crippen LogP contribution in [-0.2, 0) is 18.8 Å². The van der Waals surface area contributed by atoms with Crippen LogP contribution >= 0.6 is 0 Å². The van der Waals surface area contributed by atoms with Crippen molar-refractivity contribution in [2.75, 3.05) is 37.7 Å². The third-order valence-corrected chi connectivity index (χ3v) is 9.76. The zero-order valence-electron chi connectivity index (χ0n) is 28.3. The molecular formula is C37H45BN2O6. The maximum absolute atomic E-state index is 13.4. The van der Waals surface area contributed by atoms with Crippen LogP contribution in [0.2, 0.25) is 0 Å². The molecule has 2 heterocycles. The highest BCUT2D eigenvalue weighted by Crippen LogP contribution is 2.44. The smallest absolute Gasteiger partial charge is 0.456 e. The molecular weight excluding hydrogens is 579 g/mol. The molecule has 0 aromatic heterocycles. The number of rotatable bonds is 5. The number of hydrogen-bond donors (Lipinski definition) is 0. The molecule has 9 heteroatoms. The number of carbonyl (C=O) groups is 2. The van der Waals surface area contributed by atoms with E-state index in [1.54, 1.807) is 4.90 Å². The summed E-state index contributed by atoms with van der Waals surface area (Å²) in [6.45, 7) is 18.1. The van der Waals surface area contributed by atoms with Crippen molar-refractivity contribution in [3.63, 3.8) is 0 Å². The van der Waals surface area contributed by atoms with Crippen LogP contribution in [0.3, 0.4) is 0 Å². The third-order valence-electron chi connectivity index (χ3n) is 9.76. The predicted molar refractivity (Wildman–Crippen MR) is 181 cm³/mol. The van der Waals surface area contributed by atoms with E-state index in [0.29, 0.717) is 38.3 Å². The van der Waals surface area contributed by atoms with E-state index in [1.165, 1.54) is 22.3 Å². The first-order valence-electron chi connectivity index (χ1n) is 16.2. The fraction of sp³-hybridized carbons (Fsp3) is 0.459. The Labute approximate surface area is 273 Å². The molecule has 2 aliphatic heterocycles. The number of anilines is 1. The molecule has 1 amide bonds. The lowest BCUT2D eigenvalue weighted by molar-refractivity contribution is 0.00578. The molecule has 3 aromatic rings.